The summed E-state index contributed by atoms with van der Waals surface area (Å²) in [6.07, 6.45) is 16.3. The van der Waals surface area contributed by atoms with Gasteiger partial charge in [0.05, 0.1) is 0 Å². The third-order valence-corrected chi connectivity index (χ3v) is 2.91. The van der Waals surface area contributed by atoms with Crippen LogP contribution in [0.4, 0.5) is 0 Å². The van der Waals surface area contributed by atoms with Crippen molar-refractivity contribution >= 4 is 12.0 Å². The minimum atomic E-state index is -0.353. The number of benzene rings is 1. The lowest BCUT2D eigenvalue weighted by Gasteiger charge is -2.00. The van der Waals surface area contributed by atoms with Gasteiger partial charge in [0, 0.05) is 18.0 Å². The molecule has 3 nitrogen and oxygen atoms in total. The SMILES string of the molecule is O=C(/C=C/C=C/C=C/C=C/c1ccc[nH]1)OCc1ccccc1. The predicted octanol–water partition coefficient (Wildman–Crippen LogP) is 4.44. The van der Waals surface area contributed by atoms with Crippen molar-refractivity contribution in [2.45, 2.75) is 6.61 Å². The number of aromatic amines is 1. The third-order valence-electron chi connectivity index (χ3n) is 2.91. The molecule has 2 aromatic rings. The Morgan fingerprint density at radius 1 is 0.913 bits per heavy atom. The Labute approximate surface area is 136 Å². The van der Waals surface area contributed by atoms with E-state index in [9.17, 15) is 4.79 Å². The zero-order valence-electron chi connectivity index (χ0n) is 12.8. The largest absolute Gasteiger partial charge is 0.458 e. The van der Waals surface area contributed by atoms with E-state index in [1.165, 1.54) is 6.08 Å². The van der Waals surface area contributed by atoms with Gasteiger partial charge in [0.15, 0.2) is 0 Å². The monoisotopic (exact) mass is 305 g/mol. The summed E-state index contributed by atoms with van der Waals surface area (Å²) < 4.78 is 5.12. The summed E-state index contributed by atoms with van der Waals surface area (Å²) in [6, 6.07) is 13.5. The second-order valence-corrected chi connectivity index (χ2v) is 4.71. The molecule has 1 N–H and O–H groups in total. The van der Waals surface area contributed by atoms with Gasteiger partial charge in [-0.2, -0.15) is 0 Å². The maximum atomic E-state index is 11.5. The molecule has 0 bridgehead atoms. The van der Waals surface area contributed by atoms with Gasteiger partial charge >= 0.3 is 5.97 Å². The predicted molar refractivity (Wildman–Crippen MR) is 93.5 cm³/mol. The highest BCUT2D eigenvalue weighted by Gasteiger charge is 1.96. The number of carbonyl (C=O) groups is 1. The lowest BCUT2D eigenvalue weighted by atomic mass is 10.2. The summed E-state index contributed by atoms with van der Waals surface area (Å²) >= 11 is 0. The van der Waals surface area contributed by atoms with Crippen LogP contribution in [0, 0.1) is 0 Å². The lowest BCUT2D eigenvalue weighted by Crippen LogP contribution is -2.00. The molecule has 0 fully saturated rings. The van der Waals surface area contributed by atoms with Crippen LogP contribution in [-0.2, 0) is 16.1 Å². The van der Waals surface area contributed by atoms with Gasteiger partial charge in [-0.15, -0.1) is 0 Å². The van der Waals surface area contributed by atoms with Crippen molar-refractivity contribution in [3.05, 3.63) is 102 Å². The molecule has 1 heterocycles. The molecule has 1 aromatic heterocycles. The summed E-state index contributed by atoms with van der Waals surface area (Å²) in [7, 11) is 0. The lowest BCUT2D eigenvalue weighted by molar-refractivity contribution is -0.139. The molecule has 0 saturated carbocycles. The maximum absolute atomic E-state index is 11.5. The molecule has 0 spiro atoms. The van der Waals surface area contributed by atoms with E-state index >= 15 is 0 Å². The minimum Gasteiger partial charge on any atom is -0.458 e. The van der Waals surface area contributed by atoms with Crippen LogP contribution in [0.15, 0.2) is 91.2 Å². The number of esters is 1. The number of aromatic nitrogens is 1. The van der Waals surface area contributed by atoms with Crippen molar-refractivity contribution in [2.24, 2.45) is 0 Å². The van der Waals surface area contributed by atoms with Gasteiger partial charge in [-0.1, -0.05) is 66.8 Å². The first-order chi connectivity index (χ1) is 11.3. The summed E-state index contributed by atoms with van der Waals surface area (Å²) in [4.78, 5) is 14.6. The van der Waals surface area contributed by atoms with Gasteiger partial charge in [0.2, 0.25) is 0 Å². The van der Waals surface area contributed by atoms with E-state index in [4.69, 9.17) is 4.74 Å². The average Bonchev–Trinajstić information content (AvgIpc) is 3.10. The number of allylic oxidation sites excluding steroid dienone is 6. The highest BCUT2D eigenvalue weighted by molar-refractivity contribution is 5.82. The first-order valence-corrected chi connectivity index (χ1v) is 7.37. The summed E-state index contributed by atoms with van der Waals surface area (Å²) in [5, 5.41) is 0. The van der Waals surface area contributed by atoms with E-state index in [2.05, 4.69) is 4.98 Å². The van der Waals surface area contributed by atoms with Gasteiger partial charge < -0.3 is 9.72 Å². The average molecular weight is 305 g/mol. The van der Waals surface area contributed by atoms with Gasteiger partial charge in [-0.25, -0.2) is 4.79 Å². The van der Waals surface area contributed by atoms with Crippen molar-refractivity contribution in [2.75, 3.05) is 0 Å². The van der Waals surface area contributed by atoms with Crippen LogP contribution in [-0.4, -0.2) is 11.0 Å². The molecule has 0 saturated heterocycles. The van der Waals surface area contributed by atoms with Crippen LogP contribution >= 0.6 is 0 Å². The number of H-pyrrole nitrogens is 1. The fourth-order valence-corrected chi connectivity index (χ4v) is 1.77. The molecule has 0 amide bonds. The van der Waals surface area contributed by atoms with Crippen molar-refractivity contribution in [1.29, 1.82) is 0 Å². The Hall–Kier alpha value is -3.07. The summed E-state index contributed by atoms with van der Waals surface area (Å²) in [6.45, 7) is 0.289. The second kappa shape index (κ2) is 9.79. The van der Waals surface area contributed by atoms with Crippen molar-refractivity contribution in [1.82, 2.24) is 4.98 Å². The van der Waals surface area contributed by atoms with Crippen LogP contribution < -0.4 is 0 Å². The zero-order chi connectivity index (χ0) is 16.2. The Kier molecular flexibility index (Phi) is 6.94. The van der Waals surface area contributed by atoms with E-state index in [1.807, 2.05) is 79.0 Å². The Morgan fingerprint density at radius 3 is 2.39 bits per heavy atom. The molecule has 3 heteroatoms. The maximum Gasteiger partial charge on any atom is 0.331 e. The Bertz CT molecular complexity index is 693. The number of ether oxygens (including phenoxy) is 1. The van der Waals surface area contributed by atoms with Crippen molar-refractivity contribution in [3.8, 4) is 0 Å². The first kappa shape index (κ1) is 16.3. The quantitative estimate of drug-likeness (QED) is 0.467. The van der Waals surface area contributed by atoms with E-state index < -0.39 is 0 Å². The molecule has 0 aliphatic carbocycles. The molecule has 2 rings (SSSR count). The van der Waals surface area contributed by atoms with Crippen LogP contribution in [0.25, 0.3) is 6.08 Å². The smallest absolute Gasteiger partial charge is 0.331 e. The van der Waals surface area contributed by atoms with Gasteiger partial charge in [0.1, 0.15) is 6.61 Å². The highest BCUT2D eigenvalue weighted by Crippen LogP contribution is 2.01. The molecule has 23 heavy (non-hydrogen) atoms. The highest BCUT2D eigenvalue weighted by atomic mass is 16.5. The van der Waals surface area contributed by atoms with E-state index in [0.717, 1.165) is 11.3 Å². The number of hydrogen-bond acceptors (Lipinski definition) is 2. The molecule has 0 radical (unpaired) electrons. The van der Waals surface area contributed by atoms with Crippen LogP contribution in [0.1, 0.15) is 11.3 Å². The van der Waals surface area contributed by atoms with Gasteiger partial charge in [0.25, 0.3) is 0 Å². The third kappa shape index (κ3) is 6.96. The molecule has 0 aliphatic rings. The summed E-state index contributed by atoms with van der Waals surface area (Å²) in [5.74, 6) is -0.353. The summed E-state index contributed by atoms with van der Waals surface area (Å²) in [5.41, 5.74) is 2.03. The van der Waals surface area contributed by atoms with Crippen molar-refractivity contribution in [3.63, 3.8) is 0 Å². The minimum absolute atomic E-state index is 0.289. The molecule has 116 valence electrons. The van der Waals surface area contributed by atoms with Crippen molar-refractivity contribution < 1.29 is 9.53 Å². The number of hydrogen-bond donors (Lipinski definition) is 1. The Balaban J connectivity index is 1.66. The normalized spacial score (nSPS) is 12.0. The molecule has 0 atom stereocenters. The second-order valence-electron chi connectivity index (χ2n) is 4.71. The zero-order valence-corrected chi connectivity index (χ0v) is 12.8. The standard InChI is InChI=1S/C20H19NO2/c22-20(23-17-18-11-6-5-7-12-18)15-9-4-2-1-3-8-13-19-14-10-16-21-19/h1-16,21H,17H2/b3-1+,4-2+,13-8+,15-9+. The van der Waals surface area contributed by atoms with E-state index in [0.29, 0.717) is 0 Å². The topological polar surface area (TPSA) is 42.1 Å². The Morgan fingerprint density at radius 2 is 1.65 bits per heavy atom. The van der Waals surface area contributed by atoms with E-state index in [-0.39, 0.29) is 12.6 Å². The van der Waals surface area contributed by atoms with Gasteiger partial charge in [-0.05, 0) is 23.8 Å². The van der Waals surface area contributed by atoms with Gasteiger partial charge in [-0.3, -0.25) is 0 Å². The molecule has 1 aromatic carbocycles. The van der Waals surface area contributed by atoms with Crippen LogP contribution in [0.5, 0.6) is 0 Å². The number of nitrogens with one attached hydrogen (secondary N) is 1. The molecular formula is C20H19NO2. The van der Waals surface area contributed by atoms with Crippen LogP contribution in [0.2, 0.25) is 0 Å². The number of rotatable bonds is 7. The molecule has 0 unspecified atom stereocenters. The molecular weight excluding hydrogens is 286 g/mol. The molecule has 0 aliphatic heterocycles. The fraction of sp³-hybridized carbons (Fsp3) is 0.0500. The van der Waals surface area contributed by atoms with Crippen LogP contribution in [0.3, 0.4) is 0 Å². The fourth-order valence-electron chi connectivity index (χ4n) is 1.77. The number of carbonyl (C=O) groups excluding carboxylic acids is 1. The first-order valence-electron chi connectivity index (χ1n) is 7.37. The van der Waals surface area contributed by atoms with E-state index in [1.54, 1.807) is 12.2 Å².